The summed E-state index contributed by atoms with van der Waals surface area (Å²) in [6.45, 7) is 14.1. The molecule has 2 N–H and O–H groups in total. The lowest BCUT2D eigenvalue weighted by Crippen LogP contribution is -2.23. The molecule has 0 unspecified atom stereocenters. The number of ketones is 1. The topological polar surface area (TPSA) is 61.7 Å². The Morgan fingerprint density at radius 1 is 0.781 bits per heavy atom. The fourth-order valence-corrected chi connectivity index (χ4v) is 3.43. The number of nitrogens with one attached hydrogen (secondary N) is 1. The SMILES string of the molecule is CC(C)(C)c1ccc(CN=C2C=C(NCc3ccc(C(C)(C)C)cc3)C(O)=CC2=O)cc1. The standard InChI is InChI=1S/C28H34N2O2/c1-27(2,3)21-11-7-19(8-12-21)17-29-23-15-24(26(32)16-25(23)31)30-18-20-9-13-22(14-10-20)28(4,5)6/h7-16,29,31H,17-18H2,1-6H3. The Hall–Kier alpha value is -3.14. The van der Waals surface area contributed by atoms with Crippen molar-refractivity contribution >= 4 is 11.5 Å². The molecule has 1 aliphatic rings. The summed E-state index contributed by atoms with van der Waals surface area (Å²) in [5.74, 6) is -0.344. The van der Waals surface area contributed by atoms with Crippen molar-refractivity contribution in [3.05, 3.63) is 94.4 Å². The molecule has 4 nitrogen and oxygen atoms in total. The minimum atomic E-state index is -0.283. The van der Waals surface area contributed by atoms with Gasteiger partial charge in [0.1, 0.15) is 11.5 Å². The summed E-state index contributed by atoms with van der Waals surface area (Å²) in [5, 5.41) is 13.5. The lowest BCUT2D eigenvalue weighted by Gasteiger charge is -2.19. The first-order valence-electron chi connectivity index (χ1n) is 11.1. The molecule has 0 fully saturated rings. The van der Waals surface area contributed by atoms with E-state index in [9.17, 15) is 9.90 Å². The van der Waals surface area contributed by atoms with Crippen LogP contribution in [0.15, 0.2) is 77.1 Å². The van der Waals surface area contributed by atoms with Crippen molar-refractivity contribution in [2.75, 3.05) is 0 Å². The number of aliphatic imine (C=N–C) groups is 1. The molecule has 2 aromatic rings. The van der Waals surface area contributed by atoms with Gasteiger partial charge < -0.3 is 10.4 Å². The fourth-order valence-electron chi connectivity index (χ4n) is 3.43. The van der Waals surface area contributed by atoms with Crippen molar-refractivity contribution in [3.8, 4) is 0 Å². The van der Waals surface area contributed by atoms with Gasteiger partial charge in [-0.2, -0.15) is 0 Å². The molecule has 0 aliphatic heterocycles. The average Bonchev–Trinajstić information content (AvgIpc) is 2.72. The summed E-state index contributed by atoms with van der Waals surface area (Å²) in [6, 6.07) is 16.7. The van der Waals surface area contributed by atoms with E-state index in [2.05, 4.69) is 100 Å². The van der Waals surface area contributed by atoms with E-state index in [0.29, 0.717) is 24.5 Å². The number of carbonyl (C=O) groups is 1. The van der Waals surface area contributed by atoms with Crippen LogP contribution in [0.3, 0.4) is 0 Å². The van der Waals surface area contributed by atoms with Crippen molar-refractivity contribution in [2.45, 2.75) is 65.5 Å². The number of allylic oxidation sites excluding steroid dienone is 2. The molecule has 0 saturated carbocycles. The zero-order chi connectivity index (χ0) is 23.5. The summed E-state index contributed by atoms with van der Waals surface area (Å²) in [4.78, 5) is 16.8. The lowest BCUT2D eigenvalue weighted by atomic mass is 9.87. The van der Waals surface area contributed by atoms with Gasteiger partial charge in [-0.1, -0.05) is 90.1 Å². The van der Waals surface area contributed by atoms with Crippen molar-refractivity contribution in [2.24, 2.45) is 4.99 Å². The third kappa shape index (κ3) is 5.97. The molecule has 0 spiro atoms. The van der Waals surface area contributed by atoms with Gasteiger partial charge in [-0.05, 0) is 39.2 Å². The van der Waals surface area contributed by atoms with Crippen LogP contribution in [0, 0.1) is 0 Å². The van der Waals surface area contributed by atoms with Crippen LogP contribution in [-0.4, -0.2) is 16.6 Å². The maximum atomic E-state index is 12.3. The van der Waals surface area contributed by atoms with Crippen LogP contribution in [0.2, 0.25) is 0 Å². The van der Waals surface area contributed by atoms with Crippen LogP contribution in [0.25, 0.3) is 0 Å². The predicted octanol–water partition coefficient (Wildman–Crippen LogP) is 5.92. The van der Waals surface area contributed by atoms with Gasteiger partial charge in [0.05, 0.1) is 12.2 Å². The number of hydrogen-bond acceptors (Lipinski definition) is 4. The van der Waals surface area contributed by atoms with Crippen molar-refractivity contribution in [1.82, 2.24) is 5.32 Å². The van der Waals surface area contributed by atoms with Gasteiger partial charge in [0, 0.05) is 12.6 Å². The third-order valence-electron chi connectivity index (χ3n) is 5.63. The van der Waals surface area contributed by atoms with Crippen molar-refractivity contribution in [3.63, 3.8) is 0 Å². The Morgan fingerprint density at radius 3 is 1.78 bits per heavy atom. The quantitative estimate of drug-likeness (QED) is 0.579. The van der Waals surface area contributed by atoms with Crippen LogP contribution >= 0.6 is 0 Å². The van der Waals surface area contributed by atoms with Crippen LogP contribution in [0.4, 0.5) is 0 Å². The van der Waals surface area contributed by atoms with Gasteiger partial charge >= 0.3 is 0 Å². The van der Waals surface area contributed by atoms with Crippen LogP contribution in [0.1, 0.15) is 63.8 Å². The molecule has 0 saturated heterocycles. The molecule has 1 aliphatic carbocycles. The Bertz CT molecular complexity index is 1060. The number of nitrogens with zero attached hydrogens (tertiary/aromatic N) is 1. The van der Waals surface area contributed by atoms with E-state index in [1.807, 2.05) is 0 Å². The largest absolute Gasteiger partial charge is 0.506 e. The normalized spacial score (nSPS) is 16.1. The zero-order valence-corrected chi connectivity index (χ0v) is 20.0. The van der Waals surface area contributed by atoms with Gasteiger partial charge in [-0.25, -0.2) is 0 Å². The summed E-state index contributed by atoms with van der Waals surface area (Å²) in [7, 11) is 0. The van der Waals surface area contributed by atoms with Gasteiger partial charge in [-0.3, -0.25) is 9.79 Å². The highest BCUT2D eigenvalue weighted by atomic mass is 16.3. The highest BCUT2D eigenvalue weighted by molar-refractivity contribution is 6.49. The molecule has 168 valence electrons. The molecule has 0 bridgehead atoms. The second-order valence-corrected chi connectivity index (χ2v) is 10.4. The monoisotopic (exact) mass is 430 g/mol. The fraction of sp³-hybridized carbons (Fsp3) is 0.357. The molecule has 0 heterocycles. The summed E-state index contributed by atoms with van der Waals surface area (Å²) < 4.78 is 0. The number of aliphatic hydroxyl groups excluding tert-OH is 1. The minimum absolute atomic E-state index is 0.0604. The average molecular weight is 431 g/mol. The number of benzene rings is 2. The van der Waals surface area contributed by atoms with E-state index >= 15 is 0 Å². The molecule has 32 heavy (non-hydrogen) atoms. The minimum Gasteiger partial charge on any atom is -0.506 e. The number of carbonyl (C=O) groups excluding carboxylic acids is 1. The molecule has 0 atom stereocenters. The van der Waals surface area contributed by atoms with E-state index in [-0.39, 0.29) is 22.4 Å². The smallest absolute Gasteiger partial charge is 0.207 e. The maximum Gasteiger partial charge on any atom is 0.207 e. The van der Waals surface area contributed by atoms with Gasteiger partial charge in [0.25, 0.3) is 0 Å². The predicted molar refractivity (Wildman–Crippen MR) is 132 cm³/mol. The van der Waals surface area contributed by atoms with Crippen molar-refractivity contribution < 1.29 is 9.90 Å². The second-order valence-electron chi connectivity index (χ2n) is 10.4. The first-order valence-corrected chi connectivity index (χ1v) is 11.1. The van der Waals surface area contributed by atoms with Gasteiger partial charge in [-0.15, -0.1) is 0 Å². The molecular weight excluding hydrogens is 396 g/mol. The molecule has 4 heteroatoms. The molecule has 3 rings (SSSR count). The Morgan fingerprint density at radius 2 is 1.28 bits per heavy atom. The summed E-state index contributed by atoms with van der Waals surface area (Å²) in [5.41, 5.74) is 5.73. The maximum absolute atomic E-state index is 12.3. The Balaban J connectivity index is 1.69. The van der Waals surface area contributed by atoms with E-state index in [1.54, 1.807) is 6.08 Å². The zero-order valence-electron chi connectivity index (χ0n) is 20.0. The third-order valence-corrected chi connectivity index (χ3v) is 5.63. The van der Waals surface area contributed by atoms with Gasteiger partial charge in [0.2, 0.25) is 5.78 Å². The molecular formula is C28H34N2O2. The van der Waals surface area contributed by atoms with E-state index in [4.69, 9.17) is 0 Å². The van der Waals surface area contributed by atoms with Crippen LogP contribution < -0.4 is 5.32 Å². The van der Waals surface area contributed by atoms with Crippen molar-refractivity contribution in [1.29, 1.82) is 0 Å². The van der Waals surface area contributed by atoms with Crippen LogP contribution in [0.5, 0.6) is 0 Å². The molecule has 0 amide bonds. The first kappa shape index (κ1) is 23.5. The Kier molecular flexibility index (Phi) is 6.73. The number of aliphatic hydroxyl groups is 1. The van der Waals surface area contributed by atoms with E-state index in [1.165, 1.54) is 17.2 Å². The highest BCUT2D eigenvalue weighted by Gasteiger charge is 2.19. The van der Waals surface area contributed by atoms with Crippen LogP contribution in [-0.2, 0) is 28.7 Å². The molecule has 2 aromatic carbocycles. The molecule has 0 radical (unpaired) electrons. The summed E-state index contributed by atoms with van der Waals surface area (Å²) >= 11 is 0. The second kappa shape index (κ2) is 9.15. The van der Waals surface area contributed by atoms with E-state index in [0.717, 1.165) is 11.1 Å². The van der Waals surface area contributed by atoms with Gasteiger partial charge in [0.15, 0.2) is 0 Å². The van der Waals surface area contributed by atoms with E-state index < -0.39 is 0 Å². The number of hydrogen-bond donors (Lipinski definition) is 2. The first-order chi connectivity index (χ1) is 14.9. The summed E-state index contributed by atoms with van der Waals surface area (Å²) in [6.07, 6.45) is 2.86. The number of rotatable bonds is 5. The molecule has 0 aromatic heterocycles. The lowest BCUT2D eigenvalue weighted by molar-refractivity contribution is -0.109. The highest BCUT2D eigenvalue weighted by Crippen LogP contribution is 2.23. The Labute approximate surface area is 191 Å².